The summed E-state index contributed by atoms with van der Waals surface area (Å²) < 4.78 is 13.8. The molecule has 1 saturated carbocycles. The number of carboxylic acids is 1. The molecule has 1 saturated heterocycles. The summed E-state index contributed by atoms with van der Waals surface area (Å²) in [6.07, 6.45) is 2.73. The molecule has 1 N–H and O–H groups in total. The van der Waals surface area contributed by atoms with Crippen molar-refractivity contribution in [3.63, 3.8) is 0 Å². The zero-order chi connectivity index (χ0) is 15.1. The van der Waals surface area contributed by atoms with Crippen molar-refractivity contribution in [1.29, 1.82) is 0 Å². The van der Waals surface area contributed by atoms with Crippen LogP contribution < -0.4 is 0 Å². The second-order valence-electron chi connectivity index (χ2n) is 5.72. The van der Waals surface area contributed by atoms with E-state index in [1.54, 1.807) is 0 Å². The van der Waals surface area contributed by atoms with Gasteiger partial charge in [-0.1, -0.05) is 18.0 Å². The van der Waals surface area contributed by atoms with Gasteiger partial charge in [-0.15, -0.1) is 0 Å². The molecule has 112 valence electrons. The number of hydrogen-bond acceptors (Lipinski definition) is 2. The van der Waals surface area contributed by atoms with Crippen molar-refractivity contribution < 1.29 is 19.1 Å². The van der Waals surface area contributed by atoms with E-state index in [4.69, 9.17) is 11.6 Å². The van der Waals surface area contributed by atoms with E-state index in [0.717, 1.165) is 25.3 Å². The second kappa shape index (κ2) is 5.30. The zero-order valence-corrected chi connectivity index (χ0v) is 12.0. The average Bonchev–Trinajstić information content (AvgIpc) is 3.00. The summed E-state index contributed by atoms with van der Waals surface area (Å²) in [7, 11) is 0. The van der Waals surface area contributed by atoms with Crippen LogP contribution in [0, 0.1) is 17.7 Å². The van der Waals surface area contributed by atoms with Crippen molar-refractivity contribution in [1.82, 2.24) is 4.90 Å². The maximum Gasteiger partial charge on any atom is 0.326 e. The van der Waals surface area contributed by atoms with Crippen molar-refractivity contribution in [3.05, 3.63) is 34.6 Å². The molecule has 3 rings (SSSR count). The van der Waals surface area contributed by atoms with Crippen LogP contribution in [0.5, 0.6) is 0 Å². The third-order valence-electron chi connectivity index (χ3n) is 4.56. The number of hydrogen-bond donors (Lipinski definition) is 1. The summed E-state index contributed by atoms with van der Waals surface area (Å²) in [6.45, 7) is 0.381. The molecule has 3 atom stereocenters. The predicted molar refractivity (Wildman–Crippen MR) is 74.7 cm³/mol. The van der Waals surface area contributed by atoms with Crippen molar-refractivity contribution in [2.75, 3.05) is 6.54 Å². The van der Waals surface area contributed by atoms with E-state index in [2.05, 4.69) is 0 Å². The van der Waals surface area contributed by atoms with Gasteiger partial charge < -0.3 is 10.0 Å². The minimum Gasteiger partial charge on any atom is -0.480 e. The Hall–Kier alpha value is -1.62. The van der Waals surface area contributed by atoms with Gasteiger partial charge in [0.2, 0.25) is 0 Å². The van der Waals surface area contributed by atoms with Crippen molar-refractivity contribution in [2.45, 2.75) is 25.3 Å². The van der Waals surface area contributed by atoms with Gasteiger partial charge in [-0.2, -0.15) is 0 Å². The van der Waals surface area contributed by atoms with Crippen LogP contribution in [0.25, 0.3) is 0 Å². The number of likely N-dealkylation sites (tertiary alicyclic amines) is 1. The number of fused-ring (bicyclic) bond motifs is 1. The van der Waals surface area contributed by atoms with E-state index in [-0.39, 0.29) is 22.4 Å². The number of aliphatic carboxylic acids is 1. The normalized spacial score (nSPS) is 27.7. The summed E-state index contributed by atoms with van der Waals surface area (Å²) >= 11 is 5.81. The highest BCUT2D eigenvalue weighted by Crippen LogP contribution is 2.42. The van der Waals surface area contributed by atoms with E-state index < -0.39 is 23.7 Å². The first-order valence-corrected chi connectivity index (χ1v) is 7.35. The molecular formula is C15H15ClFNO3. The maximum absolute atomic E-state index is 13.8. The fourth-order valence-electron chi connectivity index (χ4n) is 3.65. The summed E-state index contributed by atoms with van der Waals surface area (Å²) in [5.41, 5.74) is -0.159. The molecule has 6 heteroatoms. The van der Waals surface area contributed by atoms with Gasteiger partial charge in [0.25, 0.3) is 5.91 Å². The molecule has 4 nitrogen and oxygen atoms in total. The Morgan fingerprint density at radius 3 is 2.81 bits per heavy atom. The van der Waals surface area contributed by atoms with E-state index in [1.165, 1.54) is 17.0 Å². The monoisotopic (exact) mass is 311 g/mol. The van der Waals surface area contributed by atoms with Crippen molar-refractivity contribution in [2.24, 2.45) is 11.8 Å². The van der Waals surface area contributed by atoms with Gasteiger partial charge >= 0.3 is 5.97 Å². The molecule has 0 bridgehead atoms. The Morgan fingerprint density at radius 1 is 1.33 bits per heavy atom. The predicted octanol–water partition coefficient (Wildman–Crippen LogP) is 2.80. The highest BCUT2D eigenvalue weighted by molar-refractivity contribution is 6.31. The van der Waals surface area contributed by atoms with Crippen LogP contribution in [0.1, 0.15) is 29.6 Å². The number of nitrogens with zero attached hydrogens (tertiary/aromatic N) is 1. The Balaban J connectivity index is 1.93. The number of amides is 1. The van der Waals surface area contributed by atoms with E-state index in [1.807, 2.05) is 0 Å². The average molecular weight is 312 g/mol. The number of halogens is 2. The molecule has 1 aliphatic heterocycles. The lowest BCUT2D eigenvalue weighted by atomic mass is 9.94. The molecule has 1 aliphatic carbocycles. The van der Waals surface area contributed by atoms with Crippen LogP contribution in [0.2, 0.25) is 5.02 Å². The molecule has 1 heterocycles. The fourth-order valence-corrected chi connectivity index (χ4v) is 3.82. The minimum atomic E-state index is -1.01. The molecule has 0 radical (unpaired) electrons. The van der Waals surface area contributed by atoms with Gasteiger partial charge in [-0.05, 0) is 42.9 Å². The van der Waals surface area contributed by atoms with Crippen molar-refractivity contribution >= 4 is 23.5 Å². The lowest BCUT2D eigenvalue weighted by Gasteiger charge is -2.24. The third kappa shape index (κ3) is 2.39. The number of carboxylic acid groups (broad SMARTS) is 1. The third-order valence-corrected chi connectivity index (χ3v) is 4.80. The molecule has 21 heavy (non-hydrogen) atoms. The first-order valence-electron chi connectivity index (χ1n) is 6.98. The van der Waals surface area contributed by atoms with E-state index >= 15 is 0 Å². The van der Waals surface area contributed by atoms with Crippen molar-refractivity contribution in [3.8, 4) is 0 Å². The summed E-state index contributed by atoms with van der Waals surface area (Å²) in [5.74, 6) is -2.09. The maximum atomic E-state index is 13.8. The molecule has 1 aromatic rings. The number of benzene rings is 1. The SMILES string of the molecule is O=C(O)C1C2CCCC2CN1C(=O)c1cc(Cl)ccc1F. The molecule has 1 amide bonds. The molecule has 1 aromatic carbocycles. The Labute approximate surface area is 126 Å². The van der Waals surface area contributed by atoms with E-state index in [0.29, 0.717) is 6.54 Å². The minimum absolute atomic E-state index is 0.0197. The highest BCUT2D eigenvalue weighted by Gasteiger charge is 2.49. The quantitative estimate of drug-likeness (QED) is 0.913. The molecule has 0 aromatic heterocycles. The summed E-state index contributed by atoms with van der Waals surface area (Å²) in [5, 5.41) is 9.69. The zero-order valence-electron chi connectivity index (χ0n) is 11.3. The first-order chi connectivity index (χ1) is 9.99. The van der Waals surface area contributed by atoms with Gasteiger partial charge in [0.05, 0.1) is 5.56 Å². The summed E-state index contributed by atoms with van der Waals surface area (Å²) in [6, 6.07) is 2.89. The number of carbonyl (C=O) groups is 2. The summed E-state index contributed by atoms with van der Waals surface area (Å²) in [4.78, 5) is 25.4. The van der Waals surface area contributed by atoms with Crippen LogP contribution >= 0.6 is 11.6 Å². The van der Waals surface area contributed by atoms with Gasteiger partial charge in [0, 0.05) is 11.6 Å². The first kappa shape index (κ1) is 14.3. The Bertz CT molecular complexity index is 607. The van der Waals surface area contributed by atoms with Crippen LogP contribution in [0.4, 0.5) is 4.39 Å². The number of rotatable bonds is 2. The van der Waals surface area contributed by atoms with Gasteiger partial charge in [-0.3, -0.25) is 4.79 Å². The fraction of sp³-hybridized carbons (Fsp3) is 0.467. The number of carbonyl (C=O) groups excluding carboxylic acids is 1. The van der Waals surface area contributed by atoms with Crippen LogP contribution in [-0.4, -0.2) is 34.5 Å². The molecule has 3 unspecified atom stereocenters. The standard InChI is InChI=1S/C15H15ClFNO3/c16-9-4-5-12(17)11(6-9)14(19)18-7-8-2-1-3-10(8)13(18)15(20)21/h4-6,8,10,13H,1-3,7H2,(H,20,21). The van der Waals surface area contributed by atoms with Crippen LogP contribution in [0.15, 0.2) is 18.2 Å². The largest absolute Gasteiger partial charge is 0.480 e. The Morgan fingerprint density at radius 2 is 2.10 bits per heavy atom. The van der Waals surface area contributed by atoms with Gasteiger partial charge in [-0.25, -0.2) is 9.18 Å². The van der Waals surface area contributed by atoms with Gasteiger partial charge in [0.15, 0.2) is 0 Å². The van der Waals surface area contributed by atoms with Crippen LogP contribution in [0.3, 0.4) is 0 Å². The lowest BCUT2D eigenvalue weighted by molar-refractivity contribution is -0.142. The Kier molecular flexibility index (Phi) is 3.61. The molecule has 0 spiro atoms. The second-order valence-corrected chi connectivity index (χ2v) is 6.16. The van der Waals surface area contributed by atoms with Gasteiger partial charge in [0.1, 0.15) is 11.9 Å². The highest BCUT2D eigenvalue weighted by atomic mass is 35.5. The topological polar surface area (TPSA) is 57.6 Å². The van der Waals surface area contributed by atoms with E-state index in [9.17, 15) is 19.1 Å². The van der Waals surface area contributed by atoms with Crippen LogP contribution in [-0.2, 0) is 4.79 Å². The molecule has 2 aliphatic rings. The molecular weight excluding hydrogens is 297 g/mol. The smallest absolute Gasteiger partial charge is 0.326 e. The molecule has 2 fully saturated rings. The lowest BCUT2D eigenvalue weighted by Crippen LogP contribution is -2.43.